The Hall–Kier alpha value is -1.88. The van der Waals surface area contributed by atoms with Crippen LogP contribution in [0, 0.1) is 12.8 Å². The van der Waals surface area contributed by atoms with Gasteiger partial charge in [-0.25, -0.2) is 0 Å². The third-order valence-corrected chi connectivity index (χ3v) is 3.81. The van der Waals surface area contributed by atoms with E-state index in [9.17, 15) is 9.59 Å². The van der Waals surface area contributed by atoms with Crippen LogP contribution >= 0.6 is 0 Å². The lowest BCUT2D eigenvalue weighted by Gasteiger charge is -2.15. The fourth-order valence-corrected chi connectivity index (χ4v) is 2.64. The highest BCUT2D eigenvalue weighted by Crippen LogP contribution is 2.18. The number of aryl methyl sites for hydroxylation is 1. The lowest BCUT2D eigenvalue weighted by atomic mass is 10.1. The Bertz CT molecular complexity index is 499. The van der Waals surface area contributed by atoms with Crippen molar-refractivity contribution >= 4 is 11.9 Å². The first-order chi connectivity index (χ1) is 10.0. The number of amides is 1. The smallest absolute Gasteiger partial charge is 0.303 e. The summed E-state index contributed by atoms with van der Waals surface area (Å²) in [6, 6.07) is 8.07. The molecule has 1 atom stereocenters. The molecule has 1 aromatic carbocycles. The summed E-state index contributed by atoms with van der Waals surface area (Å²) in [6.45, 7) is 4.41. The van der Waals surface area contributed by atoms with Gasteiger partial charge in [-0.2, -0.15) is 0 Å². The topological polar surface area (TPSA) is 69.6 Å². The minimum absolute atomic E-state index is 0.00782. The molecule has 1 saturated heterocycles. The van der Waals surface area contributed by atoms with Crippen molar-refractivity contribution in [3.05, 3.63) is 35.4 Å². The molecular weight excluding hydrogens is 268 g/mol. The van der Waals surface area contributed by atoms with Crippen LogP contribution in [0.25, 0.3) is 0 Å². The Morgan fingerprint density at radius 2 is 2.05 bits per heavy atom. The molecule has 1 unspecified atom stereocenters. The molecule has 0 aromatic heterocycles. The summed E-state index contributed by atoms with van der Waals surface area (Å²) in [5.74, 6) is -0.593. The third kappa shape index (κ3) is 5.19. The van der Waals surface area contributed by atoms with Gasteiger partial charge in [0, 0.05) is 19.5 Å². The first kappa shape index (κ1) is 15.5. The summed E-state index contributed by atoms with van der Waals surface area (Å²) in [5, 5.41) is 11.7. The van der Waals surface area contributed by atoms with Crippen molar-refractivity contribution in [2.45, 2.75) is 26.3 Å². The van der Waals surface area contributed by atoms with E-state index in [0.29, 0.717) is 19.6 Å². The Labute approximate surface area is 125 Å². The maximum absolute atomic E-state index is 11.9. The summed E-state index contributed by atoms with van der Waals surface area (Å²) in [5.41, 5.74) is 2.28. The third-order valence-electron chi connectivity index (χ3n) is 3.81. The Morgan fingerprint density at radius 1 is 1.33 bits per heavy atom. The van der Waals surface area contributed by atoms with Crippen LogP contribution in [0.2, 0.25) is 0 Å². The normalized spacial score (nSPS) is 18.6. The fourth-order valence-electron chi connectivity index (χ4n) is 2.64. The van der Waals surface area contributed by atoms with Crippen molar-refractivity contribution in [1.82, 2.24) is 10.2 Å². The molecule has 114 valence electrons. The van der Waals surface area contributed by atoms with Crippen LogP contribution < -0.4 is 5.32 Å². The Morgan fingerprint density at radius 3 is 2.71 bits per heavy atom. The van der Waals surface area contributed by atoms with E-state index in [4.69, 9.17) is 5.11 Å². The molecule has 5 heteroatoms. The summed E-state index contributed by atoms with van der Waals surface area (Å²) in [7, 11) is 0. The molecular formula is C16H22N2O3. The number of hydrogen-bond acceptors (Lipinski definition) is 3. The van der Waals surface area contributed by atoms with Crippen molar-refractivity contribution in [1.29, 1.82) is 0 Å². The van der Waals surface area contributed by atoms with Gasteiger partial charge in [-0.15, -0.1) is 0 Å². The van der Waals surface area contributed by atoms with Crippen molar-refractivity contribution in [2.75, 3.05) is 19.6 Å². The minimum Gasteiger partial charge on any atom is -0.481 e. The molecule has 0 aliphatic carbocycles. The van der Waals surface area contributed by atoms with E-state index in [1.54, 1.807) is 0 Å². The number of carboxylic acids is 1. The summed E-state index contributed by atoms with van der Waals surface area (Å²) in [6.07, 6.45) is 1.05. The number of carboxylic acid groups (broad SMARTS) is 1. The van der Waals surface area contributed by atoms with Gasteiger partial charge in [0.05, 0.1) is 6.54 Å². The standard InChI is InChI=1S/C16H22N2O3/c1-12-2-4-13(5-3-12)9-17-15(19)11-18-7-6-14(10-18)8-16(20)21/h2-5,14H,6-11H2,1H3,(H,17,19)(H,20,21). The second kappa shape index (κ2) is 7.22. The lowest BCUT2D eigenvalue weighted by molar-refractivity contribution is -0.138. The SMILES string of the molecule is Cc1ccc(CNC(=O)CN2CCC(CC(=O)O)C2)cc1. The molecule has 0 radical (unpaired) electrons. The number of aliphatic carboxylic acids is 1. The van der Waals surface area contributed by atoms with Gasteiger partial charge in [-0.05, 0) is 31.4 Å². The van der Waals surface area contributed by atoms with Crippen molar-refractivity contribution in [2.24, 2.45) is 5.92 Å². The van der Waals surface area contributed by atoms with E-state index < -0.39 is 5.97 Å². The molecule has 5 nitrogen and oxygen atoms in total. The molecule has 1 fully saturated rings. The van der Waals surface area contributed by atoms with E-state index >= 15 is 0 Å². The highest BCUT2D eigenvalue weighted by Gasteiger charge is 2.25. The van der Waals surface area contributed by atoms with Crippen LogP contribution in [0.1, 0.15) is 24.0 Å². The molecule has 21 heavy (non-hydrogen) atoms. The molecule has 2 N–H and O–H groups in total. The van der Waals surface area contributed by atoms with Gasteiger partial charge in [0.15, 0.2) is 0 Å². The van der Waals surface area contributed by atoms with Crippen molar-refractivity contribution in [3.63, 3.8) is 0 Å². The lowest BCUT2D eigenvalue weighted by Crippen LogP contribution is -2.35. The highest BCUT2D eigenvalue weighted by atomic mass is 16.4. The maximum atomic E-state index is 11.9. The average Bonchev–Trinajstić information content (AvgIpc) is 2.84. The molecule has 1 aliphatic rings. The molecule has 1 heterocycles. The summed E-state index contributed by atoms with van der Waals surface area (Å²) in [4.78, 5) is 24.6. The van der Waals surface area contributed by atoms with Crippen LogP contribution in [0.15, 0.2) is 24.3 Å². The van der Waals surface area contributed by atoms with Gasteiger partial charge < -0.3 is 10.4 Å². The predicted octanol–water partition coefficient (Wildman–Crippen LogP) is 1.41. The second-order valence-electron chi connectivity index (χ2n) is 5.75. The van der Waals surface area contributed by atoms with E-state index in [1.807, 2.05) is 36.1 Å². The van der Waals surface area contributed by atoms with E-state index in [1.165, 1.54) is 5.56 Å². The monoisotopic (exact) mass is 290 g/mol. The zero-order valence-electron chi connectivity index (χ0n) is 12.3. The second-order valence-corrected chi connectivity index (χ2v) is 5.75. The zero-order chi connectivity index (χ0) is 15.2. The summed E-state index contributed by atoms with van der Waals surface area (Å²) < 4.78 is 0. The number of nitrogens with one attached hydrogen (secondary N) is 1. The number of nitrogens with zero attached hydrogens (tertiary/aromatic N) is 1. The van der Waals surface area contributed by atoms with Gasteiger partial charge in [-0.1, -0.05) is 29.8 Å². The van der Waals surface area contributed by atoms with Crippen molar-refractivity contribution < 1.29 is 14.7 Å². The minimum atomic E-state index is -0.759. The fraction of sp³-hybridized carbons (Fsp3) is 0.500. The molecule has 0 saturated carbocycles. The number of carbonyl (C=O) groups is 2. The molecule has 2 rings (SSSR count). The first-order valence-electron chi connectivity index (χ1n) is 7.29. The average molecular weight is 290 g/mol. The molecule has 0 bridgehead atoms. The Balaban J connectivity index is 1.70. The number of hydrogen-bond donors (Lipinski definition) is 2. The van der Waals surface area contributed by atoms with E-state index in [0.717, 1.165) is 18.5 Å². The largest absolute Gasteiger partial charge is 0.481 e. The summed E-state index contributed by atoms with van der Waals surface area (Å²) >= 11 is 0. The van der Waals surface area contributed by atoms with Crippen LogP contribution in [0.3, 0.4) is 0 Å². The van der Waals surface area contributed by atoms with E-state index in [-0.39, 0.29) is 18.2 Å². The van der Waals surface area contributed by atoms with Crippen LogP contribution in [0.4, 0.5) is 0 Å². The number of benzene rings is 1. The van der Waals surface area contributed by atoms with Crippen LogP contribution in [-0.2, 0) is 16.1 Å². The van der Waals surface area contributed by atoms with Gasteiger partial charge in [-0.3, -0.25) is 14.5 Å². The first-order valence-corrected chi connectivity index (χ1v) is 7.29. The molecule has 0 spiro atoms. The van der Waals surface area contributed by atoms with Crippen LogP contribution in [-0.4, -0.2) is 41.5 Å². The zero-order valence-corrected chi connectivity index (χ0v) is 12.3. The van der Waals surface area contributed by atoms with Crippen LogP contribution in [0.5, 0.6) is 0 Å². The van der Waals surface area contributed by atoms with Gasteiger partial charge in [0.25, 0.3) is 0 Å². The van der Waals surface area contributed by atoms with Gasteiger partial charge in [0.1, 0.15) is 0 Å². The Kier molecular flexibility index (Phi) is 5.33. The van der Waals surface area contributed by atoms with E-state index in [2.05, 4.69) is 5.32 Å². The molecule has 1 aromatic rings. The van der Waals surface area contributed by atoms with Crippen molar-refractivity contribution in [3.8, 4) is 0 Å². The molecule has 1 amide bonds. The number of rotatable bonds is 6. The maximum Gasteiger partial charge on any atom is 0.303 e. The number of likely N-dealkylation sites (tertiary alicyclic amines) is 1. The predicted molar refractivity (Wildman–Crippen MR) is 79.8 cm³/mol. The quantitative estimate of drug-likeness (QED) is 0.831. The number of carbonyl (C=O) groups excluding carboxylic acids is 1. The molecule has 1 aliphatic heterocycles. The highest BCUT2D eigenvalue weighted by molar-refractivity contribution is 5.78. The van der Waals surface area contributed by atoms with Gasteiger partial charge >= 0.3 is 5.97 Å². The van der Waals surface area contributed by atoms with Gasteiger partial charge in [0.2, 0.25) is 5.91 Å².